The van der Waals surface area contributed by atoms with Crippen LogP contribution in [0.3, 0.4) is 0 Å². The van der Waals surface area contributed by atoms with Crippen LogP contribution in [-0.2, 0) is 15.9 Å². The fourth-order valence-corrected chi connectivity index (χ4v) is 3.61. The van der Waals surface area contributed by atoms with Gasteiger partial charge in [-0.1, -0.05) is 0 Å². The Kier molecular flexibility index (Phi) is 2.84. The lowest BCUT2D eigenvalue weighted by Gasteiger charge is -2.24. The third kappa shape index (κ3) is 1.93. The Bertz CT molecular complexity index is 757. The van der Waals surface area contributed by atoms with Crippen LogP contribution in [0.15, 0.2) is 10.9 Å². The van der Waals surface area contributed by atoms with Gasteiger partial charge in [0.25, 0.3) is 0 Å². The first-order valence-corrected chi connectivity index (χ1v) is 7.55. The summed E-state index contributed by atoms with van der Waals surface area (Å²) in [4.78, 5) is 8.80. The maximum absolute atomic E-state index is 9.49. The molecule has 0 saturated carbocycles. The van der Waals surface area contributed by atoms with Crippen molar-refractivity contribution in [1.82, 2.24) is 9.97 Å². The molecule has 0 fully saturated rings. The predicted molar refractivity (Wildman–Crippen MR) is 81.6 cm³/mol. The number of hydrogen-bond acceptors (Lipinski definition) is 6. The Balaban J connectivity index is 2.47. The predicted octanol–water partition coefficient (Wildman–Crippen LogP) is 3.16. The second kappa shape index (κ2) is 4.26. The molecule has 2 N–H and O–H groups in total. The number of nitrogen functional groups attached to an aromatic ring is 1. The van der Waals surface area contributed by atoms with Crippen molar-refractivity contribution < 1.29 is 4.74 Å². The van der Waals surface area contributed by atoms with Gasteiger partial charge in [0, 0.05) is 16.5 Å². The Hall–Kier alpha value is -1.97. The summed E-state index contributed by atoms with van der Waals surface area (Å²) in [6.07, 6.45) is 0. The van der Waals surface area contributed by atoms with Gasteiger partial charge in [-0.15, -0.1) is 11.3 Å². The Labute approximate surface area is 127 Å². The van der Waals surface area contributed by atoms with E-state index < -0.39 is 11.2 Å². The van der Waals surface area contributed by atoms with Crippen molar-refractivity contribution in [3.05, 3.63) is 27.7 Å². The summed E-state index contributed by atoms with van der Waals surface area (Å²) in [5, 5.41) is 11.4. The zero-order chi connectivity index (χ0) is 15.4. The van der Waals surface area contributed by atoms with Crippen molar-refractivity contribution in [3.8, 4) is 17.3 Å². The maximum Gasteiger partial charge on any atom is 0.142 e. The minimum absolute atomic E-state index is 0.230. The van der Waals surface area contributed by atoms with Crippen LogP contribution in [0.1, 0.15) is 44.5 Å². The van der Waals surface area contributed by atoms with Crippen molar-refractivity contribution in [1.29, 1.82) is 5.26 Å². The molecule has 3 rings (SSSR count). The largest absolute Gasteiger partial charge is 0.383 e. The van der Waals surface area contributed by atoms with Crippen LogP contribution >= 0.6 is 11.3 Å². The third-order valence-electron chi connectivity index (χ3n) is 3.71. The molecule has 2 aromatic heterocycles. The van der Waals surface area contributed by atoms with Crippen molar-refractivity contribution in [3.63, 3.8) is 0 Å². The molecule has 0 unspecified atom stereocenters. The SMILES string of the molecule is CC1(C)OC(C)(C)c2c1nc(N)c(C#N)c2-c1cscn1. The number of ether oxygens (including phenoxy) is 1. The van der Waals surface area contributed by atoms with E-state index in [1.807, 2.05) is 33.1 Å². The maximum atomic E-state index is 9.49. The van der Waals surface area contributed by atoms with Crippen LogP contribution in [0.2, 0.25) is 0 Å². The Morgan fingerprint density at radius 2 is 2.00 bits per heavy atom. The van der Waals surface area contributed by atoms with E-state index >= 15 is 0 Å². The number of hydrogen-bond donors (Lipinski definition) is 1. The molecule has 0 atom stereocenters. The van der Waals surface area contributed by atoms with E-state index in [4.69, 9.17) is 10.5 Å². The van der Waals surface area contributed by atoms with Crippen LogP contribution in [0, 0.1) is 11.3 Å². The average Bonchev–Trinajstić information content (AvgIpc) is 2.94. The smallest absolute Gasteiger partial charge is 0.142 e. The van der Waals surface area contributed by atoms with Gasteiger partial charge in [0.05, 0.1) is 22.5 Å². The van der Waals surface area contributed by atoms with Gasteiger partial charge in [0.15, 0.2) is 0 Å². The Morgan fingerprint density at radius 1 is 1.29 bits per heavy atom. The number of nitriles is 1. The summed E-state index contributed by atoms with van der Waals surface area (Å²) in [5.74, 6) is 0.230. The van der Waals surface area contributed by atoms with Gasteiger partial charge in [0.2, 0.25) is 0 Å². The standard InChI is InChI=1S/C15H16N4OS/c1-14(2)11-10(9-6-21-7-18-9)8(5-16)13(17)19-12(11)15(3,4)20-14/h6-7H,1-4H3,(H2,17,19). The summed E-state index contributed by atoms with van der Waals surface area (Å²) in [7, 11) is 0. The highest BCUT2D eigenvalue weighted by atomic mass is 32.1. The lowest BCUT2D eigenvalue weighted by atomic mass is 9.87. The molecule has 5 nitrogen and oxygen atoms in total. The molecule has 0 amide bonds. The Morgan fingerprint density at radius 3 is 2.57 bits per heavy atom. The first-order chi connectivity index (χ1) is 9.78. The van der Waals surface area contributed by atoms with Crippen molar-refractivity contribution >= 4 is 17.2 Å². The number of nitrogens with zero attached hydrogens (tertiary/aromatic N) is 3. The normalized spacial score (nSPS) is 18.2. The van der Waals surface area contributed by atoms with Gasteiger partial charge in [0.1, 0.15) is 23.1 Å². The van der Waals surface area contributed by atoms with Crippen molar-refractivity contribution in [2.75, 3.05) is 5.73 Å². The van der Waals surface area contributed by atoms with Crippen LogP contribution in [0.5, 0.6) is 0 Å². The van der Waals surface area contributed by atoms with Crippen LogP contribution < -0.4 is 5.73 Å². The number of fused-ring (bicyclic) bond motifs is 1. The van der Waals surface area contributed by atoms with Crippen molar-refractivity contribution in [2.45, 2.75) is 38.9 Å². The van der Waals surface area contributed by atoms with Gasteiger partial charge in [-0.3, -0.25) is 0 Å². The second-order valence-corrected chi connectivity index (χ2v) is 6.80. The number of thiazole rings is 1. The fraction of sp³-hybridized carbons (Fsp3) is 0.400. The molecular weight excluding hydrogens is 284 g/mol. The highest BCUT2D eigenvalue weighted by Gasteiger charge is 2.47. The minimum atomic E-state index is -0.552. The first kappa shape index (κ1) is 14.0. The monoisotopic (exact) mass is 300 g/mol. The molecule has 6 heteroatoms. The number of rotatable bonds is 1. The highest BCUT2D eigenvalue weighted by Crippen LogP contribution is 2.51. The molecule has 0 aromatic carbocycles. The molecular formula is C15H16N4OS. The van der Waals surface area contributed by atoms with Crippen molar-refractivity contribution in [2.24, 2.45) is 0 Å². The molecule has 0 aliphatic carbocycles. The van der Waals surface area contributed by atoms with Crippen LogP contribution in [0.4, 0.5) is 5.82 Å². The molecule has 0 radical (unpaired) electrons. The van der Waals surface area contributed by atoms with Gasteiger partial charge >= 0.3 is 0 Å². The molecule has 3 heterocycles. The van der Waals surface area contributed by atoms with E-state index in [0.29, 0.717) is 5.56 Å². The molecule has 1 aliphatic heterocycles. The summed E-state index contributed by atoms with van der Waals surface area (Å²) in [6.45, 7) is 7.89. The lowest BCUT2D eigenvalue weighted by Crippen LogP contribution is -2.23. The fourth-order valence-electron chi connectivity index (χ4n) is 3.07. The third-order valence-corrected chi connectivity index (χ3v) is 4.29. The number of anilines is 1. The summed E-state index contributed by atoms with van der Waals surface area (Å²) in [5.41, 5.74) is 10.2. The quantitative estimate of drug-likeness (QED) is 0.874. The number of aromatic nitrogens is 2. The second-order valence-electron chi connectivity index (χ2n) is 6.08. The van der Waals surface area contributed by atoms with E-state index in [2.05, 4.69) is 16.0 Å². The molecule has 1 aliphatic rings. The number of nitrogens with two attached hydrogens (primary N) is 1. The van der Waals surface area contributed by atoms with E-state index in [-0.39, 0.29) is 5.82 Å². The van der Waals surface area contributed by atoms with E-state index in [9.17, 15) is 5.26 Å². The van der Waals surface area contributed by atoms with Crippen LogP contribution in [-0.4, -0.2) is 9.97 Å². The molecule has 0 saturated heterocycles. The van der Waals surface area contributed by atoms with Gasteiger partial charge in [-0.05, 0) is 27.7 Å². The topological polar surface area (TPSA) is 84.8 Å². The van der Waals surface area contributed by atoms with Crippen LogP contribution in [0.25, 0.3) is 11.3 Å². The first-order valence-electron chi connectivity index (χ1n) is 6.61. The zero-order valence-corrected chi connectivity index (χ0v) is 13.2. The molecule has 0 bridgehead atoms. The van der Waals surface area contributed by atoms with E-state index in [0.717, 1.165) is 22.5 Å². The summed E-state index contributed by atoms with van der Waals surface area (Å²) in [6, 6.07) is 2.17. The molecule has 0 spiro atoms. The average molecular weight is 300 g/mol. The molecule has 108 valence electrons. The van der Waals surface area contributed by atoms with Gasteiger partial charge in [-0.25, -0.2) is 9.97 Å². The molecule has 2 aromatic rings. The van der Waals surface area contributed by atoms with Gasteiger partial charge < -0.3 is 10.5 Å². The summed E-state index contributed by atoms with van der Waals surface area (Å²) < 4.78 is 6.15. The van der Waals surface area contributed by atoms with E-state index in [1.165, 1.54) is 11.3 Å². The molecule has 21 heavy (non-hydrogen) atoms. The zero-order valence-electron chi connectivity index (χ0n) is 12.4. The minimum Gasteiger partial charge on any atom is -0.383 e. The number of pyridine rings is 1. The van der Waals surface area contributed by atoms with Gasteiger partial charge in [-0.2, -0.15) is 5.26 Å². The van der Waals surface area contributed by atoms with E-state index in [1.54, 1.807) is 5.51 Å². The highest BCUT2D eigenvalue weighted by molar-refractivity contribution is 7.07. The summed E-state index contributed by atoms with van der Waals surface area (Å²) >= 11 is 1.48. The lowest BCUT2D eigenvalue weighted by molar-refractivity contribution is -0.106.